The zero-order chi connectivity index (χ0) is 15.1. The normalized spacial score (nSPS) is 10.2. The Labute approximate surface area is 124 Å². The Morgan fingerprint density at radius 2 is 1.90 bits per heavy atom. The van der Waals surface area contributed by atoms with Crippen LogP contribution in [0.15, 0.2) is 30.3 Å². The summed E-state index contributed by atoms with van der Waals surface area (Å²) >= 11 is 0. The molecule has 0 radical (unpaired) electrons. The third-order valence-corrected chi connectivity index (χ3v) is 2.74. The third kappa shape index (κ3) is 4.06. The first-order valence-corrected chi connectivity index (χ1v) is 7.01. The standard InChI is InChI=1S/C15H20N4O2/c1-3-9-20-11-7-5-6-8-12(11)21-15-10-14(19-16)17-13(4-2)18-15/h5-8,10H,3-4,9,16H2,1-2H3,(H,17,18,19). The number of nitrogens with two attached hydrogens (primary N) is 1. The number of aryl methyl sites for hydroxylation is 1. The number of hydrogen-bond donors (Lipinski definition) is 2. The molecule has 0 bridgehead atoms. The average Bonchev–Trinajstić information content (AvgIpc) is 2.53. The predicted octanol–water partition coefficient (Wildman–Crippen LogP) is 2.91. The molecule has 21 heavy (non-hydrogen) atoms. The summed E-state index contributed by atoms with van der Waals surface area (Å²) < 4.78 is 11.5. The molecule has 0 amide bonds. The summed E-state index contributed by atoms with van der Waals surface area (Å²) in [5.74, 6) is 8.33. The van der Waals surface area contributed by atoms with E-state index in [4.69, 9.17) is 15.3 Å². The van der Waals surface area contributed by atoms with Crippen molar-refractivity contribution in [2.45, 2.75) is 26.7 Å². The number of hydrogen-bond acceptors (Lipinski definition) is 6. The van der Waals surface area contributed by atoms with Crippen molar-refractivity contribution in [3.8, 4) is 17.4 Å². The summed E-state index contributed by atoms with van der Waals surface area (Å²) in [6.07, 6.45) is 1.63. The Morgan fingerprint density at radius 3 is 2.57 bits per heavy atom. The van der Waals surface area contributed by atoms with Crippen LogP contribution in [0.3, 0.4) is 0 Å². The lowest BCUT2D eigenvalue weighted by atomic mass is 10.3. The molecule has 0 saturated carbocycles. The van der Waals surface area contributed by atoms with Crippen LogP contribution in [0.2, 0.25) is 0 Å². The van der Waals surface area contributed by atoms with Gasteiger partial charge < -0.3 is 14.9 Å². The van der Waals surface area contributed by atoms with Gasteiger partial charge in [-0.15, -0.1) is 0 Å². The summed E-state index contributed by atoms with van der Waals surface area (Å²) in [5, 5.41) is 0. The number of para-hydroxylation sites is 2. The van der Waals surface area contributed by atoms with Crippen LogP contribution in [0.25, 0.3) is 0 Å². The van der Waals surface area contributed by atoms with Crippen LogP contribution in [0.1, 0.15) is 26.1 Å². The van der Waals surface area contributed by atoms with Crippen LogP contribution < -0.4 is 20.7 Å². The molecule has 1 aromatic heterocycles. The number of aromatic nitrogens is 2. The predicted molar refractivity (Wildman–Crippen MR) is 81.5 cm³/mol. The second-order valence-corrected chi connectivity index (χ2v) is 4.40. The van der Waals surface area contributed by atoms with E-state index in [-0.39, 0.29) is 0 Å². The highest BCUT2D eigenvalue weighted by Gasteiger charge is 2.09. The second kappa shape index (κ2) is 7.44. The van der Waals surface area contributed by atoms with Crippen LogP contribution >= 0.6 is 0 Å². The molecule has 2 aromatic rings. The topological polar surface area (TPSA) is 82.3 Å². The highest BCUT2D eigenvalue weighted by molar-refractivity contribution is 5.44. The van der Waals surface area contributed by atoms with E-state index in [1.807, 2.05) is 31.2 Å². The van der Waals surface area contributed by atoms with E-state index in [2.05, 4.69) is 22.3 Å². The van der Waals surface area contributed by atoms with E-state index in [9.17, 15) is 0 Å². The van der Waals surface area contributed by atoms with Crippen LogP contribution in [0.4, 0.5) is 5.82 Å². The van der Waals surface area contributed by atoms with Crippen LogP contribution in [-0.4, -0.2) is 16.6 Å². The van der Waals surface area contributed by atoms with Crippen LogP contribution in [-0.2, 0) is 6.42 Å². The highest BCUT2D eigenvalue weighted by Crippen LogP contribution is 2.31. The summed E-state index contributed by atoms with van der Waals surface area (Å²) in [4.78, 5) is 8.56. The molecular formula is C15H20N4O2. The van der Waals surface area contributed by atoms with Crippen molar-refractivity contribution in [2.24, 2.45) is 5.84 Å². The number of benzene rings is 1. The van der Waals surface area contributed by atoms with Gasteiger partial charge in [-0.1, -0.05) is 26.0 Å². The molecule has 112 valence electrons. The highest BCUT2D eigenvalue weighted by atomic mass is 16.5. The van der Waals surface area contributed by atoms with Gasteiger partial charge >= 0.3 is 0 Å². The van der Waals surface area contributed by atoms with Gasteiger partial charge in [0.2, 0.25) is 5.88 Å². The zero-order valence-electron chi connectivity index (χ0n) is 12.3. The fourth-order valence-corrected chi connectivity index (χ4v) is 1.74. The Bertz CT molecular complexity index is 567. The Balaban J connectivity index is 2.25. The van der Waals surface area contributed by atoms with Gasteiger partial charge in [-0.25, -0.2) is 10.8 Å². The molecule has 1 aromatic carbocycles. The van der Waals surface area contributed by atoms with Gasteiger partial charge in [-0.3, -0.25) is 0 Å². The minimum Gasteiger partial charge on any atom is -0.490 e. The fourth-order valence-electron chi connectivity index (χ4n) is 1.74. The van der Waals surface area contributed by atoms with E-state index in [0.29, 0.717) is 42.0 Å². The van der Waals surface area contributed by atoms with Gasteiger partial charge in [0.25, 0.3) is 0 Å². The SMILES string of the molecule is CCCOc1ccccc1Oc1cc(NN)nc(CC)n1. The fraction of sp³-hybridized carbons (Fsp3) is 0.333. The smallest absolute Gasteiger partial charge is 0.224 e. The molecule has 2 rings (SSSR count). The Morgan fingerprint density at radius 1 is 1.14 bits per heavy atom. The maximum absolute atomic E-state index is 5.82. The van der Waals surface area contributed by atoms with Crippen molar-refractivity contribution in [1.29, 1.82) is 0 Å². The third-order valence-electron chi connectivity index (χ3n) is 2.74. The average molecular weight is 288 g/mol. The minimum absolute atomic E-state index is 0.433. The van der Waals surface area contributed by atoms with E-state index >= 15 is 0 Å². The monoisotopic (exact) mass is 288 g/mol. The molecule has 3 N–H and O–H groups in total. The van der Waals surface area contributed by atoms with Gasteiger partial charge in [0.1, 0.15) is 11.6 Å². The largest absolute Gasteiger partial charge is 0.490 e. The van der Waals surface area contributed by atoms with Gasteiger partial charge in [-0.05, 0) is 18.6 Å². The molecule has 1 heterocycles. The maximum Gasteiger partial charge on any atom is 0.224 e. The van der Waals surface area contributed by atoms with Crippen LogP contribution in [0.5, 0.6) is 17.4 Å². The summed E-state index contributed by atoms with van der Waals surface area (Å²) in [6, 6.07) is 9.15. The number of anilines is 1. The Kier molecular flexibility index (Phi) is 5.34. The molecule has 6 heteroatoms. The van der Waals surface area contributed by atoms with E-state index in [1.54, 1.807) is 6.07 Å². The molecule has 0 fully saturated rings. The van der Waals surface area contributed by atoms with Crippen molar-refractivity contribution in [2.75, 3.05) is 12.0 Å². The first-order chi connectivity index (χ1) is 10.3. The molecule has 0 aliphatic rings. The van der Waals surface area contributed by atoms with Crippen molar-refractivity contribution in [1.82, 2.24) is 9.97 Å². The number of rotatable bonds is 7. The summed E-state index contributed by atoms with van der Waals surface area (Å²) in [7, 11) is 0. The Hall–Kier alpha value is -2.34. The van der Waals surface area contributed by atoms with Gasteiger partial charge in [-0.2, -0.15) is 4.98 Å². The maximum atomic E-state index is 5.82. The molecule has 0 aliphatic heterocycles. The van der Waals surface area contributed by atoms with Crippen molar-refractivity contribution < 1.29 is 9.47 Å². The number of nitrogens with zero attached hydrogens (tertiary/aromatic N) is 2. The number of hydrazine groups is 1. The van der Waals surface area contributed by atoms with Crippen molar-refractivity contribution in [3.63, 3.8) is 0 Å². The quantitative estimate of drug-likeness (QED) is 0.602. The lowest BCUT2D eigenvalue weighted by Crippen LogP contribution is -2.10. The van der Waals surface area contributed by atoms with E-state index < -0.39 is 0 Å². The lowest BCUT2D eigenvalue weighted by molar-refractivity contribution is 0.300. The van der Waals surface area contributed by atoms with E-state index in [1.165, 1.54) is 0 Å². The zero-order valence-corrected chi connectivity index (χ0v) is 12.3. The molecular weight excluding hydrogens is 268 g/mol. The molecule has 0 aliphatic carbocycles. The number of nitrogens with one attached hydrogen (secondary N) is 1. The molecule has 0 spiro atoms. The molecule has 6 nitrogen and oxygen atoms in total. The number of ether oxygens (including phenoxy) is 2. The van der Waals surface area contributed by atoms with Gasteiger partial charge in [0.15, 0.2) is 11.5 Å². The van der Waals surface area contributed by atoms with Gasteiger partial charge in [0, 0.05) is 12.5 Å². The summed E-state index contributed by atoms with van der Waals surface area (Å²) in [6.45, 7) is 4.66. The van der Waals surface area contributed by atoms with Gasteiger partial charge in [0.05, 0.1) is 6.61 Å². The minimum atomic E-state index is 0.433. The second-order valence-electron chi connectivity index (χ2n) is 4.40. The first kappa shape index (κ1) is 15.1. The van der Waals surface area contributed by atoms with Crippen LogP contribution in [0, 0.1) is 0 Å². The molecule has 0 atom stereocenters. The van der Waals surface area contributed by atoms with Crippen molar-refractivity contribution in [3.05, 3.63) is 36.2 Å². The number of nitrogen functional groups attached to an aromatic ring is 1. The van der Waals surface area contributed by atoms with Crippen molar-refractivity contribution >= 4 is 5.82 Å². The van der Waals surface area contributed by atoms with E-state index in [0.717, 1.165) is 6.42 Å². The molecule has 0 saturated heterocycles. The molecule has 0 unspecified atom stereocenters. The lowest BCUT2D eigenvalue weighted by Gasteiger charge is -2.12. The first-order valence-electron chi connectivity index (χ1n) is 7.01. The summed E-state index contributed by atoms with van der Waals surface area (Å²) in [5.41, 5.74) is 2.51.